The van der Waals surface area contributed by atoms with Crippen LogP contribution in [0.5, 0.6) is 0 Å². The summed E-state index contributed by atoms with van der Waals surface area (Å²) >= 11 is 0. The quantitative estimate of drug-likeness (QED) is 0.130. The summed E-state index contributed by atoms with van der Waals surface area (Å²) in [5.74, 6) is -0.651. The van der Waals surface area contributed by atoms with Crippen molar-refractivity contribution in [2.45, 2.75) is 167 Å². The maximum absolute atomic E-state index is 10.4. The molecule has 0 fully saturated rings. The van der Waals surface area contributed by atoms with Crippen LogP contribution in [0.3, 0.4) is 0 Å². The molecule has 0 bridgehead atoms. The van der Waals surface area contributed by atoms with Gasteiger partial charge >= 0.3 is 5.97 Å². The van der Waals surface area contributed by atoms with Gasteiger partial charge < -0.3 is 5.11 Å². The first-order valence-corrected chi connectivity index (χ1v) is 14.1. The third kappa shape index (κ3) is 29.5. The summed E-state index contributed by atoms with van der Waals surface area (Å²) in [7, 11) is 0. The monoisotopic (exact) mass is 436 g/mol. The van der Waals surface area contributed by atoms with E-state index in [1.54, 1.807) is 0 Å². The van der Waals surface area contributed by atoms with Crippen molar-refractivity contribution in [3.05, 3.63) is 13.3 Å². The highest BCUT2D eigenvalue weighted by molar-refractivity contribution is 5.66. The Kier molecular flexibility index (Phi) is 27.0. The Morgan fingerprint density at radius 2 is 0.774 bits per heavy atom. The minimum atomic E-state index is -0.651. The predicted molar refractivity (Wildman–Crippen MR) is 137 cm³/mol. The Morgan fingerprint density at radius 3 is 1.10 bits per heavy atom. The van der Waals surface area contributed by atoms with E-state index in [0.717, 1.165) is 19.3 Å². The first kappa shape index (κ1) is 30.5. The molecule has 0 aromatic carbocycles. The van der Waals surface area contributed by atoms with E-state index in [0.29, 0.717) is 6.42 Å². The molecule has 0 amide bonds. The summed E-state index contributed by atoms with van der Waals surface area (Å²) in [5, 5.41) is 8.60. The van der Waals surface area contributed by atoms with Gasteiger partial charge in [-0.25, -0.2) is 0 Å². The number of hydrogen-bond donors (Lipinski definition) is 1. The van der Waals surface area contributed by atoms with Gasteiger partial charge in [-0.1, -0.05) is 161 Å². The van der Waals surface area contributed by atoms with Crippen LogP contribution < -0.4 is 0 Å². The second-order valence-corrected chi connectivity index (χ2v) is 9.64. The Balaban J connectivity index is 3.00. The lowest BCUT2D eigenvalue weighted by Crippen LogP contribution is -1.93. The third-order valence-corrected chi connectivity index (χ3v) is 6.46. The molecule has 184 valence electrons. The molecular weight excluding hydrogens is 380 g/mol. The molecule has 31 heavy (non-hydrogen) atoms. The number of aliphatic carboxylic acids is 1. The molecule has 0 aliphatic heterocycles. The summed E-state index contributed by atoms with van der Waals surface area (Å²) in [6.07, 6.45) is 36.4. The lowest BCUT2D eigenvalue weighted by atomic mass is 10.0. The van der Waals surface area contributed by atoms with Crippen molar-refractivity contribution >= 4 is 5.97 Å². The van der Waals surface area contributed by atoms with Crippen LogP contribution in [0.25, 0.3) is 0 Å². The van der Waals surface area contributed by atoms with Gasteiger partial charge in [-0.3, -0.25) is 4.79 Å². The van der Waals surface area contributed by atoms with E-state index in [9.17, 15) is 4.79 Å². The standard InChI is InChI=1S/C29H56O2/c1-2-3-4-5-6-7-8-9-10-11-12-13-14-15-16-17-18-19-20-21-22-23-24-25-26-27-28-29(30)31/h11H,1-10,12-28H2,(H,30,31). The summed E-state index contributed by atoms with van der Waals surface area (Å²) in [4.78, 5) is 10.4. The van der Waals surface area contributed by atoms with Crippen LogP contribution in [-0.2, 0) is 4.79 Å². The van der Waals surface area contributed by atoms with Crippen molar-refractivity contribution in [2.24, 2.45) is 0 Å². The smallest absolute Gasteiger partial charge is 0.303 e. The van der Waals surface area contributed by atoms with Gasteiger partial charge in [-0.2, -0.15) is 0 Å². The summed E-state index contributed by atoms with van der Waals surface area (Å²) in [5.41, 5.74) is 0. The van der Waals surface area contributed by atoms with Crippen LogP contribution in [0.2, 0.25) is 0 Å². The SMILES string of the molecule is [CH2]CCCCCCCCC[CH]CCCCCCCCCCCCCCCCCC(=O)O. The Labute approximate surface area is 196 Å². The number of carboxylic acids is 1. The zero-order valence-electron chi connectivity index (χ0n) is 21.0. The molecule has 0 heterocycles. The van der Waals surface area contributed by atoms with Gasteiger partial charge in [0.2, 0.25) is 0 Å². The molecule has 0 atom stereocenters. The number of hydrogen-bond acceptors (Lipinski definition) is 1. The van der Waals surface area contributed by atoms with Crippen LogP contribution in [-0.4, -0.2) is 11.1 Å². The van der Waals surface area contributed by atoms with Crippen molar-refractivity contribution in [2.75, 3.05) is 0 Å². The molecule has 0 aliphatic carbocycles. The highest BCUT2D eigenvalue weighted by Crippen LogP contribution is 2.15. The average molecular weight is 437 g/mol. The lowest BCUT2D eigenvalue weighted by molar-refractivity contribution is -0.137. The molecule has 0 aromatic rings. The van der Waals surface area contributed by atoms with Crippen molar-refractivity contribution < 1.29 is 9.90 Å². The number of carbonyl (C=O) groups is 1. The van der Waals surface area contributed by atoms with Gasteiger partial charge in [0.1, 0.15) is 0 Å². The van der Waals surface area contributed by atoms with E-state index >= 15 is 0 Å². The second kappa shape index (κ2) is 27.5. The first-order chi connectivity index (χ1) is 15.3. The fourth-order valence-electron chi connectivity index (χ4n) is 4.36. The second-order valence-electron chi connectivity index (χ2n) is 9.64. The van der Waals surface area contributed by atoms with Gasteiger partial charge in [0.15, 0.2) is 0 Å². The molecule has 0 aliphatic rings. The van der Waals surface area contributed by atoms with Gasteiger partial charge in [-0.15, -0.1) is 0 Å². The Bertz CT molecular complexity index is 340. The largest absolute Gasteiger partial charge is 0.481 e. The zero-order valence-corrected chi connectivity index (χ0v) is 21.0. The third-order valence-electron chi connectivity index (χ3n) is 6.46. The van der Waals surface area contributed by atoms with Gasteiger partial charge in [0.25, 0.3) is 0 Å². The number of rotatable bonds is 27. The van der Waals surface area contributed by atoms with E-state index in [4.69, 9.17) is 5.11 Å². The van der Waals surface area contributed by atoms with Crippen molar-refractivity contribution in [3.63, 3.8) is 0 Å². The van der Waals surface area contributed by atoms with Crippen LogP contribution in [0.1, 0.15) is 167 Å². The first-order valence-electron chi connectivity index (χ1n) is 14.1. The molecule has 0 aromatic heterocycles. The lowest BCUT2D eigenvalue weighted by Gasteiger charge is -2.04. The van der Waals surface area contributed by atoms with Gasteiger partial charge in [0, 0.05) is 6.42 Å². The summed E-state index contributed by atoms with van der Waals surface area (Å²) < 4.78 is 0. The molecule has 0 unspecified atom stereocenters. The molecule has 1 N–H and O–H groups in total. The van der Waals surface area contributed by atoms with Crippen LogP contribution in [0.4, 0.5) is 0 Å². The fourth-order valence-corrected chi connectivity index (χ4v) is 4.36. The minimum absolute atomic E-state index is 0.344. The maximum atomic E-state index is 10.4. The molecule has 2 nitrogen and oxygen atoms in total. The van der Waals surface area contributed by atoms with Crippen molar-refractivity contribution in [1.82, 2.24) is 0 Å². The van der Waals surface area contributed by atoms with Crippen molar-refractivity contribution in [1.29, 1.82) is 0 Å². The Morgan fingerprint density at radius 1 is 0.484 bits per heavy atom. The van der Waals surface area contributed by atoms with Crippen LogP contribution in [0.15, 0.2) is 0 Å². The molecule has 2 heteroatoms. The molecular formula is C29H56O2. The van der Waals surface area contributed by atoms with Crippen LogP contribution in [0, 0.1) is 13.3 Å². The van der Waals surface area contributed by atoms with E-state index in [1.807, 2.05) is 0 Å². The molecule has 0 spiro atoms. The van der Waals surface area contributed by atoms with E-state index in [2.05, 4.69) is 13.3 Å². The van der Waals surface area contributed by atoms with E-state index in [-0.39, 0.29) is 0 Å². The Hall–Kier alpha value is -0.530. The predicted octanol–water partition coefficient (Wildman–Crippen LogP) is 10.3. The van der Waals surface area contributed by atoms with Gasteiger partial charge in [-0.05, 0) is 12.8 Å². The topological polar surface area (TPSA) is 37.3 Å². The van der Waals surface area contributed by atoms with E-state index in [1.165, 1.54) is 141 Å². The number of carboxylic acid groups (broad SMARTS) is 1. The molecule has 2 radical (unpaired) electrons. The minimum Gasteiger partial charge on any atom is -0.481 e. The summed E-state index contributed by atoms with van der Waals surface area (Å²) in [6.45, 7) is 3.90. The molecule has 0 saturated carbocycles. The average Bonchev–Trinajstić information content (AvgIpc) is 2.76. The molecule has 0 saturated heterocycles. The highest BCUT2D eigenvalue weighted by atomic mass is 16.4. The maximum Gasteiger partial charge on any atom is 0.303 e. The fraction of sp³-hybridized carbons (Fsp3) is 0.897. The van der Waals surface area contributed by atoms with E-state index < -0.39 is 5.97 Å². The zero-order chi connectivity index (χ0) is 22.7. The van der Waals surface area contributed by atoms with Crippen molar-refractivity contribution in [3.8, 4) is 0 Å². The van der Waals surface area contributed by atoms with Gasteiger partial charge in [0.05, 0.1) is 0 Å². The summed E-state index contributed by atoms with van der Waals surface area (Å²) in [6, 6.07) is 0. The molecule has 0 rings (SSSR count). The number of unbranched alkanes of at least 4 members (excludes halogenated alkanes) is 25. The van der Waals surface area contributed by atoms with Crippen LogP contribution >= 0.6 is 0 Å². The highest BCUT2D eigenvalue weighted by Gasteiger charge is 1.98. The normalized spacial score (nSPS) is 11.3.